The van der Waals surface area contributed by atoms with Gasteiger partial charge in [0.25, 0.3) is 5.91 Å². The minimum Gasteiger partial charge on any atom is -0.480 e. The van der Waals surface area contributed by atoms with Crippen molar-refractivity contribution in [2.24, 2.45) is 0 Å². The number of hydrogen-bond donors (Lipinski definition) is 6. The molecule has 0 radical (unpaired) electrons. The second-order valence-corrected chi connectivity index (χ2v) is 10.4. The molecule has 0 saturated heterocycles. The van der Waals surface area contributed by atoms with E-state index in [1.165, 1.54) is 0 Å². The number of rotatable bonds is 7. The molecule has 0 fully saturated rings. The van der Waals surface area contributed by atoms with Crippen molar-refractivity contribution in [2.45, 2.75) is 25.6 Å². The van der Waals surface area contributed by atoms with Crippen LogP contribution >= 0.6 is 11.6 Å². The summed E-state index contributed by atoms with van der Waals surface area (Å²) in [6.07, 6.45) is -3.26. The number of amides is 3. The molecule has 6 N–H and O–H groups in total. The summed E-state index contributed by atoms with van der Waals surface area (Å²) < 4.78 is 31.7. The minimum atomic E-state index is -5.08. The predicted molar refractivity (Wildman–Crippen MR) is 167 cm³/mol. The van der Waals surface area contributed by atoms with Gasteiger partial charge < -0.3 is 31.1 Å². The number of anilines is 2. The van der Waals surface area contributed by atoms with Crippen LogP contribution in [-0.2, 0) is 16.0 Å². The van der Waals surface area contributed by atoms with Crippen LogP contribution < -0.4 is 16.0 Å². The Labute approximate surface area is 264 Å². The Morgan fingerprint density at radius 2 is 1.52 bits per heavy atom. The van der Waals surface area contributed by atoms with Crippen molar-refractivity contribution in [2.75, 3.05) is 10.6 Å². The summed E-state index contributed by atoms with van der Waals surface area (Å²) in [5.41, 5.74) is 3.23. The second-order valence-electron chi connectivity index (χ2n) is 9.99. The number of carbonyl (C=O) groups excluding carboxylic acids is 2. The number of aliphatic carboxylic acids is 2. The van der Waals surface area contributed by atoms with Gasteiger partial charge in [0.05, 0.1) is 22.0 Å². The maximum absolute atomic E-state index is 13.5. The van der Waals surface area contributed by atoms with Crippen LogP contribution in [0.4, 0.5) is 29.3 Å². The average molecular weight is 655 g/mol. The summed E-state index contributed by atoms with van der Waals surface area (Å²) in [7, 11) is 0. The first kappa shape index (κ1) is 33.3. The molecule has 0 aliphatic heterocycles. The molecule has 3 amide bonds. The van der Waals surface area contributed by atoms with Crippen molar-refractivity contribution >= 4 is 68.5 Å². The number of aryl methyl sites for hydroxylation is 1. The van der Waals surface area contributed by atoms with Crippen LogP contribution in [-0.4, -0.2) is 51.3 Å². The number of carbonyl (C=O) groups is 4. The van der Waals surface area contributed by atoms with Gasteiger partial charge in [0.1, 0.15) is 6.04 Å². The lowest BCUT2D eigenvalue weighted by Crippen LogP contribution is -2.42. The Kier molecular flexibility index (Phi) is 10.2. The third kappa shape index (κ3) is 8.12. The number of H-pyrrole nitrogens is 1. The number of urea groups is 1. The first-order valence-corrected chi connectivity index (χ1v) is 13.9. The van der Waals surface area contributed by atoms with Crippen LogP contribution in [0.3, 0.4) is 0 Å². The van der Waals surface area contributed by atoms with Crippen LogP contribution in [0.15, 0.2) is 85.1 Å². The van der Waals surface area contributed by atoms with Gasteiger partial charge in [-0.25, -0.2) is 14.4 Å². The number of carboxylic acids is 2. The molecule has 0 aliphatic carbocycles. The third-order valence-corrected chi connectivity index (χ3v) is 7.10. The smallest absolute Gasteiger partial charge is 0.480 e. The highest BCUT2D eigenvalue weighted by Crippen LogP contribution is 2.28. The predicted octanol–water partition coefficient (Wildman–Crippen LogP) is 6.99. The van der Waals surface area contributed by atoms with Crippen molar-refractivity contribution < 1.29 is 42.6 Å². The number of halogens is 4. The van der Waals surface area contributed by atoms with E-state index in [0.29, 0.717) is 10.7 Å². The molecular weight excluding hydrogens is 629 g/mol. The van der Waals surface area contributed by atoms with Crippen molar-refractivity contribution in [3.05, 3.63) is 107 Å². The number of aromatic nitrogens is 1. The molecular formula is C32H26ClF3N4O6. The van der Waals surface area contributed by atoms with E-state index < -0.39 is 36.1 Å². The first-order valence-electron chi connectivity index (χ1n) is 13.5. The van der Waals surface area contributed by atoms with Crippen molar-refractivity contribution in [1.29, 1.82) is 0 Å². The zero-order valence-electron chi connectivity index (χ0n) is 23.9. The van der Waals surface area contributed by atoms with E-state index in [9.17, 15) is 32.7 Å². The maximum atomic E-state index is 13.5. The Hall–Kier alpha value is -5.56. The molecule has 5 rings (SSSR count). The summed E-state index contributed by atoms with van der Waals surface area (Å²) in [5, 5.41) is 28.0. The number of alkyl halides is 3. The van der Waals surface area contributed by atoms with Gasteiger partial charge in [-0.1, -0.05) is 66.2 Å². The van der Waals surface area contributed by atoms with Crippen LogP contribution in [0.1, 0.15) is 21.5 Å². The topological polar surface area (TPSA) is 161 Å². The molecule has 14 heteroatoms. The summed E-state index contributed by atoms with van der Waals surface area (Å²) >= 11 is 6.25. The number of benzene rings is 4. The number of hydrogen-bond acceptors (Lipinski definition) is 4. The molecule has 4 aromatic carbocycles. The number of carboxylic acid groups (broad SMARTS) is 2. The van der Waals surface area contributed by atoms with Crippen LogP contribution in [0, 0.1) is 6.92 Å². The van der Waals surface area contributed by atoms with Gasteiger partial charge in [-0.15, -0.1) is 0 Å². The largest absolute Gasteiger partial charge is 0.490 e. The van der Waals surface area contributed by atoms with Gasteiger partial charge in [-0.05, 0) is 53.1 Å². The fourth-order valence-electron chi connectivity index (χ4n) is 4.55. The Balaban J connectivity index is 0.000000617. The van der Waals surface area contributed by atoms with Crippen molar-refractivity contribution in [1.82, 2.24) is 10.3 Å². The molecule has 10 nitrogen and oxygen atoms in total. The highest BCUT2D eigenvalue weighted by Gasteiger charge is 2.38. The molecule has 1 heterocycles. The quantitative estimate of drug-likeness (QED) is 0.111. The van der Waals surface area contributed by atoms with E-state index in [1.54, 1.807) is 30.5 Å². The fourth-order valence-corrected chi connectivity index (χ4v) is 4.81. The zero-order chi connectivity index (χ0) is 33.6. The molecule has 0 aliphatic rings. The number of nitrogens with one attached hydrogen (secondary N) is 4. The van der Waals surface area contributed by atoms with Gasteiger partial charge in [-0.2, -0.15) is 13.2 Å². The van der Waals surface area contributed by atoms with E-state index in [1.807, 2.05) is 61.5 Å². The molecule has 0 bridgehead atoms. The lowest BCUT2D eigenvalue weighted by atomic mass is 10.0. The van der Waals surface area contributed by atoms with E-state index in [0.717, 1.165) is 32.8 Å². The Morgan fingerprint density at radius 3 is 2.15 bits per heavy atom. The lowest BCUT2D eigenvalue weighted by molar-refractivity contribution is -0.192. The summed E-state index contributed by atoms with van der Waals surface area (Å²) in [6.45, 7) is 1.82. The van der Waals surface area contributed by atoms with E-state index in [2.05, 4.69) is 20.9 Å². The van der Waals surface area contributed by atoms with Crippen LogP contribution in [0.5, 0.6) is 0 Å². The molecule has 0 unspecified atom stereocenters. The number of fused-ring (bicyclic) bond motifs is 2. The van der Waals surface area contributed by atoms with Gasteiger partial charge in [-0.3, -0.25) is 4.79 Å². The monoisotopic (exact) mass is 654 g/mol. The third-order valence-electron chi connectivity index (χ3n) is 6.78. The molecule has 5 aromatic rings. The van der Waals surface area contributed by atoms with Gasteiger partial charge >= 0.3 is 24.1 Å². The van der Waals surface area contributed by atoms with E-state index in [4.69, 9.17) is 21.5 Å². The van der Waals surface area contributed by atoms with Crippen LogP contribution in [0.25, 0.3) is 21.7 Å². The molecule has 1 atom stereocenters. The standard InChI is InChI=1S/C30H25ClN4O4.C2HF3O2/c1-17-7-6-11-23(31)27(17)35-30(39)34-25-14-19-9-3-2-8-18(19)13-22(25)28(36)33-26(29(37)38)15-20-16-32-24-12-5-4-10-21(20)24;3-2(4,5)1(6)7/h2-14,16,26,32H,15H2,1H3,(H,33,36)(H,37,38)(H2,34,35,39);(H,6,7)/t26-;/m0./s1. The molecule has 0 spiro atoms. The molecule has 1 aromatic heterocycles. The van der Waals surface area contributed by atoms with Gasteiger partial charge in [0.15, 0.2) is 0 Å². The van der Waals surface area contributed by atoms with Crippen LogP contribution in [0.2, 0.25) is 5.02 Å². The minimum absolute atomic E-state index is 0.0771. The van der Waals surface area contributed by atoms with E-state index in [-0.39, 0.29) is 17.7 Å². The highest BCUT2D eigenvalue weighted by molar-refractivity contribution is 6.34. The van der Waals surface area contributed by atoms with Gasteiger partial charge in [0.2, 0.25) is 0 Å². The Morgan fingerprint density at radius 1 is 0.891 bits per heavy atom. The van der Waals surface area contributed by atoms with E-state index >= 15 is 0 Å². The fraction of sp³-hybridized carbons (Fsp3) is 0.125. The number of para-hydroxylation sites is 2. The molecule has 0 saturated carbocycles. The SMILES string of the molecule is Cc1cccc(Cl)c1NC(=O)Nc1cc2ccccc2cc1C(=O)N[C@@H](Cc1c[nH]c2ccccc12)C(=O)O.O=C(O)C(F)(F)F. The second kappa shape index (κ2) is 14.0. The summed E-state index contributed by atoms with van der Waals surface area (Å²) in [6, 6.07) is 21.7. The Bertz CT molecular complexity index is 1920. The summed E-state index contributed by atoms with van der Waals surface area (Å²) in [5.74, 6) is -4.56. The lowest BCUT2D eigenvalue weighted by Gasteiger charge is -2.18. The first-order chi connectivity index (χ1) is 21.7. The molecule has 238 valence electrons. The highest BCUT2D eigenvalue weighted by atomic mass is 35.5. The normalized spacial score (nSPS) is 11.7. The number of aromatic amines is 1. The maximum Gasteiger partial charge on any atom is 0.490 e. The summed E-state index contributed by atoms with van der Waals surface area (Å²) in [4.78, 5) is 50.6. The average Bonchev–Trinajstić information content (AvgIpc) is 3.41. The zero-order valence-corrected chi connectivity index (χ0v) is 24.7. The van der Waals surface area contributed by atoms with Crippen molar-refractivity contribution in [3.8, 4) is 0 Å². The van der Waals surface area contributed by atoms with Gasteiger partial charge in [0, 0.05) is 23.5 Å². The van der Waals surface area contributed by atoms with Crippen molar-refractivity contribution in [3.63, 3.8) is 0 Å². The molecule has 46 heavy (non-hydrogen) atoms.